The van der Waals surface area contributed by atoms with Gasteiger partial charge in [0.1, 0.15) is 0 Å². The molecule has 0 aliphatic carbocycles. The lowest BCUT2D eigenvalue weighted by Crippen LogP contribution is -2.50. The number of nitrogens with zero attached hydrogens (tertiary/aromatic N) is 3. The molecule has 3 aliphatic heterocycles. The minimum Gasteiger partial charge on any atom is -0.376 e. The molecule has 3 heterocycles. The Morgan fingerprint density at radius 2 is 1.90 bits per heavy atom. The number of likely N-dealkylation sites (tertiary alicyclic amines) is 2. The van der Waals surface area contributed by atoms with Gasteiger partial charge in [0.15, 0.2) is 5.96 Å². The summed E-state index contributed by atoms with van der Waals surface area (Å²) in [6, 6.07) is 11.4. The highest BCUT2D eigenvalue weighted by Gasteiger charge is 2.27. The van der Waals surface area contributed by atoms with Gasteiger partial charge in [-0.3, -0.25) is 9.89 Å². The zero-order chi connectivity index (χ0) is 21.3. The quantitative estimate of drug-likeness (QED) is 0.534. The third-order valence-corrected chi connectivity index (χ3v) is 6.97. The van der Waals surface area contributed by atoms with E-state index in [1.54, 1.807) is 0 Å². The number of ether oxygens (including phenoxy) is 2. The summed E-state index contributed by atoms with van der Waals surface area (Å²) in [5.74, 6) is 1.04. The first-order valence-corrected chi connectivity index (χ1v) is 12.3. The van der Waals surface area contributed by atoms with Crippen molar-refractivity contribution < 1.29 is 9.47 Å². The van der Waals surface area contributed by atoms with Crippen molar-refractivity contribution in [1.29, 1.82) is 0 Å². The predicted octanol–water partition coefficient (Wildman–Crippen LogP) is 3.28. The minimum absolute atomic E-state index is 0.312. The number of benzene rings is 1. The van der Waals surface area contributed by atoms with E-state index in [-0.39, 0.29) is 0 Å². The van der Waals surface area contributed by atoms with Gasteiger partial charge in [0.05, 0.1) is 18.8 Å². The summed E-state index contributed by atoms with van der Waals surface area (Å²) in [5.41, 5.74) is 1.40. The van der Waals surface area contributed by atoms with E-state index in [1.165, 1.54) is 37.8 Å². The van der Waals surface area contributed by atoms with Crippen LogP contribution in [0.1, 0.15) is 50.5 Å². The molecule has 31 heavy (non-hydrogen) atoms. The van der Waals surface area contributed by atoms with Gasteiger partial charge in [-0.1, -0.05) is 30.3 Å². The maximum atomic E-state index is 6.18. The fourth-order valence-corrected chi connectivity index (χ4v) is 5.11. The SMILES string of the molecule is CN=C(NCC1CCCN1Cc1ccccc1)N1CCC(OCC2CCCCO2)CC1. The number of piperidine rings is 1. The lowest BCUT2D eigenvalue weighted by Gasteiger charge is -2.35. The first-order valence-electron chi connectivity index (χ1n) is 12.3. The van der Waals surface area contributed by atoms with Crippen LogP contribution in [-0.4, -0.2) is 80.4 Å². The van der Waals surface area contributed by atoms with Gasteiger partial charge in [0.25, 0.3) is 0 Å². The van der Waals surface area contributed by atoms with Crippen LogP contribution in [0.5, 0.6) is 0 Å². The molecule has 0 amide bonds. The molecule has 0 bridgehead atoms. The lowest BCUT2D eigenvalue weighted by atomic mass is 10.1. The zero-order valence-corrected chi connectivity index (χ0v) is 19.2. The van der Waals surface area contributed by atoms with E-state index >= 15 is 0 Å². The maximum Gasteiger partial charge on any atom is 0.193 e. The molecule has 1 aromatic rings. The largest absolute Gasteiger partial charge is 0.376 e. The van der Waals surface area contributed by atoms with Crippen LogP contribution in [0.15, 0.2) is 35.3 Å². The number of hydrogen-bond acceptors (Lipinski definition) is 4. The zero-order valence-electron chi connectivity index (χ0n) is 19.2. The van der Waals surface area contributed by atoms with Crippen LogP contribution in [0.2, 0.25) is 0 Å². The van der Waals surface area contributed by atoms with Crippen molar-refractivity contribution in [2.45, 2.75) is 69.7 Å². The van der Waals surface area contributed by atoms with Gasteiger partial charge in [-0.05, 0) is 57.1 Å². The lowest BCUT2D eigenvalue weighted by molar-refractivity contribution is -0.0721. The molecular formula is C25H40N4O2. The molecule has 0 radical (unpaired) electrons. The maximum absolute atomic E-state index is 6.18. The molecule has 172 valence electrons. The van der Waals surface area contributed by atoms with Crippen LogP contribution < -0.4 is 5.32 Å². The summed E-state index contributed by atoms with van der Waals surface area (Å²) < 4.78 is 12.0. The highest BCUT2D eigenvalue weighted by Crippen LogP contribution is 2.21. The second-order valence-corrected chi connectivity index (χ2v) is 9.19. The van der Waals surface area contributed by atoms with Gasteiger partial charge in [-0.15, -0.1) is 0 Å². The average molecular weight is 429 g/mol. The van der Waals surface area contributed by atoms with Gasteiger partial charge in [0.2, 0.25) is 0 Å². The van der Waals surface area contributed by atoms with E-state index in [0.717, 1.165) is 64.6 Å². The topological polar surface area (TPSA) is 49.3 Å². The Kier molecular flexibility index (Phi) is 8.62. The van der Waals surface area contributed by atoms with E-state index < -0.39 is 0 Å². The van der Waals surface area contributed by atoms with Gasteiger partial charge in [-0.2, -0.15) is 0 Å². The monoisotopic (exact) mass is 428 g/mol. The van der Waals surface area contributed by atoms with E-state index in [1.807, 2.05) is 7.05 Å². The third kappa shape index (κ3) is 6.67. The summed E-state index contributed by atoms with van der Waals surface area (Å²) in [6.07, 6.45) is 8.97. The molecule has 2 unspecified atom stereocenters. The van der Waals surface area contributed by atoms with E-state index in [4.69, 9.17) is 9.47 Å². The molecule has 6 heteroatoms. The molecule has 4 rings (SSSR count). The van der Waals surface area contributed by atoms with Crippen molar-refractivity contribution in [3.05, 3.63) is 35.9 Å². The number of nitrogens with one attached hydrogen (secondary N) is 1. The van der Waals surface area contributed by atoms with Crippen molar-refractivity contribution in [2.24, 2.45) is 4.99 Å². The molecule has 0 spiro atoms. The van der Waals surface area contributed by atoms with Crippen molar-refractivity contribution in [3.8, 4) is 0 Å². The molecule has 6 nitrogen and oxygen atoms in total. The number of aliphatic imine (C=N–C) groups is 1. The van der Waals surface area contributed by atoms with Crippen LogP contribution in [0.4, 0.5) is 0 Å². The highest BCUT2D eigenvalue weighted by atomic mass is 16.5. The van der Waals surface area contributed by atoms with Crippen molar-refractivity contribution in [2.75, 3.05) is 46.4 Å². The second-order valence-electron chi connectivity index (χ2n) is 9.19. The Morgan fingerprint density at radius 3 is 2.65 bits per heavy atom. The molecule has 0 aromatic heterocycles. The highest BCUT2D eigenvalue weighted by molar-refractivity contribution is 5.80. The standard InChI is InChI=1S/C25H40N4O2/c1-26-25(27-18-22-10-7-14-29(22)19-21-8-3-2-4-9-21)28-15-12-23(13-16-28)31-20-24-11-5-6-17-30-24/h2-4,8-9,22-24H,5-7,10-20H2,1H3,(H,26,27). The van der Waals surface area contributed by atoms with Crippen molar-refractivity contribution >= 4 is 5.96 Å². The number of hydrogen-bond donors (Lipinski definition) is 1. The molecule has 0 saturated carbocycles. The first kappa shape index (κ1) is 22.6. The van der Waals surface area contributed by atoms with Crippen LogP contribution in [0.3, 0.4) is 0 Å². The third-order valence-electron chi connectivity index (χ3n) is 6.97. The normalized spacial score (nSPS) is 26.4. The predicted molar refractivity (Wildman–Crippen MR) is 125 cm³/mol. The van der Waals surface area contributed by atoms with Gasteiger partial charge >= 0.3 is 0 Å². The molecule has 3 fully saturated rings. The average Bonchev–Trinajstić information content (AvgIpc) is 3.27. The van der Waals surface area contributed by atoms with Crippen LogP contribution in [0.25, 0.3) is 0 Å². The smallest absolute Gasteiger partial charge is 0.193 e. The van der Waals surface area contributed by atoms with E-state index in [2.05, 4.69) is 50.4 Å². The van der Waals surface area contributed by atoms with Gasteiger partial charge < -0.3 is 19.7 Å². The summed E-state index contributed by atoms with van der Waals surface area (Å²) in [4.78, 5) is 9.59. The summed E-state index contributed by atoms with van der Waals surface area (Å²) in [5, 5.41) is 3.67. The Bertz CT molecular complexity index is 669. The molecule has 2 atom stereocenters. The molecule has 3 aliphatic rings. The Morgan fingerprint density at radius 1 is 1.06 bits per heavy atom. The number of rotatable bonds is 7. The molecule has 1 N–H and O–H groups in total. The summed E-state index contributed by atoms with van der Waals surface area (Å²) in [7, 11) is 1.90. The minimum atomic E-state index is 0.312. The van der Waals surface area contributed by atoms with Crippen LogP contribution in [0, 0.1) is 0 Å². The molecule has 1 aromatic carbocycles. The Labute approximate surface area is 188 Å². The molecule has 3 saturated heterocycles. The summed E-state index contributed by atoms with van der Waals surface area (Å²) >= 11 is 0. The van der Waals surface area contributed by atoms with E-state index in [9.17, 15) is 0 Å². The summed E-state index contributed by atoms with van der Waals surface area (Å²) in [6.45, 7) is 6.87. The van der Waals surface area contributed by atoms with Gasteiger partial charge in [0, 0.05) is 45.9 Å². The Hall–Kier alpha value is -1.63. The van der Waals surface area contributed by atoms with E-state index in [0.29, 0.717) is 18.2 Å². The molecular weight excluding hydrogens is 388 g/mol. The van der Waals surface area contributed by atoms with Crippen LogP contribution >= 0.6 is 0 Å². The van der Waals surface area contributed by atoms with Crippen molar-refractivity contribution in [1.82, 2.24) is 15.1 Å². The Balaban J connectivity index is 1.18. The first-order chi connectivity index (χ1) is 15.3. The van der Waals surface area contributed by atoms with Crippen LogP contribution in [-0.2, 0) is 16.0 Å². The van der Waals surface area contributed by atoms with Gasteiger partial charge in [-0.25, -0.2) is 0 Å². The second kappa shape index (κ2) is 11.8. The number of guanidine groups is 1. The fourth-order valence-electron chi connectivity index (χ4n) is 5.11. The fraction of sp³-hybridized carbons (Fsp3) is 0.720. The van der Waals surface area contributed by atoms with Crippen molar-refractivity contribution in [3.63, 3.8) is 0 Å².